The first-order chi connectivity index (χ1) is 8.70. The molecule has 0 bridgehead atoms. The van der Waals surface area contributed by atoms with E-state index in [9.17, 15) is 4.79 Å². The molecule has 6 nitrogen and oxygen atoms in total. The molecule has 2 aromatic heterocycles. The molecule has 1 atom stereocenters. The second kappa shape index (κ2) is 5.39. The fourth-order valence-electron chi connectivity index (χ4n) is 1.53. The third-order valence-corrected chi connectivity index (χ3v) is 2.60. The van der Waals surface area contributed by atoms with Gasteiger partial charge in [-0.1, -0.05) is 13.0 Å². The first kappa shape index (κ1) is 12.2. The normalized spacial score (nSPS) is 12.1. The summed E-state index contributed by atoms with van der Waals surface area (Å²) in [7, 11) is 0. The first-order valence-electron chi connectivity index (χ1n) is 5.82. The zero-order valence-electron chi connectivity index (χ0n) is 10.3. The molecule has 6 heteroatoms. The fourth-order valence-corrected chi connectivity index (χ4v) is 1.53. The summed E-state index contributed by atoms with van der Waals surface area (Å²) in [5.41, 5.74) is 0.942. The average molecular weight is 245 g/mol. The van der Waals surface area contributed by atoms with E-state index in [4.69, 9.17) is 0 Å². The van der Waals surface area contributed by atoms with Gasteiger partial charge in [0.05, 0.1) is 6.04 Å². The summed E-state index contributed by atoms with van der Waals surface area (Å²) in [6.45, 7) is 3.84. The summed E-state index contributed by atoms with van der Waals surface area (Å²) < 4.78 is 0. The number of carbonyl (C=O) groups is 1. The quantitative estimate of drug-likeness (QED) is 0.849. The van der Waals surface area contributed by atoms with Crippen molar-refractivity contribution in [3.05, 3.63) is 41.7 Å². The third-order valence-electron chi connectivity index (χ3n) is 2.60. The maximum atomic E-state index is 11.9. The summed E-state index contributed by atoms with van der Waals surface area (Å²) in [6.07, 6.45) is 4.14. The standard InChI is InChI=1S/C12H15N5O/c1-3-10-15-11(17-16-10)12(18)14-8(2)9-5-4-6-13-7-9/h4-8H,3H2,1-2H3,(H,14,18)(H,15,16,17). The molecule has 0 spiro atoms. The topological polar surface area (TPSA) is 83.6 Å². The Labute approximate surface area is 105 Å². The second-order valence-corrected chi connectivity index (χ2v) is 3.94. The molecule has 2 heterocycles. The van der Waals surface area contributed by atoms with Gasteiger partial charge in [0.15, 0.2) is 0 Å². The molecule has 0 aliphatic rings. The smallest absolute Gasteiger partial charge is 0.291 e. The number of hydrogen-bond acceptors (Lipinski definition) is 4. The maximum Gasteiger partial charge on any atom is 0.291 e. The van der Waals surface area contributed by atoms with Crippen molar-refractivity contribution in [2.75, 3.05) is 0 Å². The van der Waals surface area contributed by atoms with E-state index in [1.54, 1.807) is 12.4 Å². The average Bonchev–Trinajstić information content (AvgIpc) is 2.88. The van der Waals surface area contributed by atoms with E-state index in [1.807, 2.05) is 26.0 Å². The lowest BCUT2D eigenvalue weighted by molar-refractivity contribution is 0.0929. The molecule has 2 N–H and O–H groups in total. The molecular formula is C12H15N5O. The van der Waals surface area contributed by atoms with Crippen LogP contribution >= 0.6 is 0 Å². The van der Waals surface area contributed by atoms with Crippen LogP contribution in [0.2, 0.25) is 0 Å². The van der Waals surface area contributed by atoms with E-state index in [1.165, 1.54) is 0 Å². The van der Waals surface area contributed by atoms with Gasteiger partial charge in [0.1, 0.15) is 5.82 Å². The molecule has 0 aliphatic carbocycles. The molecule has 0 aromatic carbocycles. The summed E-state index contributed by atoms with van der Waals surface area (Å²) in [4.78, 5) is 20.0. The van der Waals surface area contributed by atoms with Crippen molar-refractivity contribution in [1.29, 1.82) is 0 Å². The lowest BCUT2D eigenvalue weighted by Crippen LogP contribution is -2.27. The van der Waals surface area contributed by atoms with Crippen LogP contribution in [0.15, 0.2) is 24.5 Å². The molecule has 2 aromatic rings. The molecule has 2 rings (SSSR count). The number of aromatic nitrogens is 4. The molecule has 0 radical (unpaired) electrons. The van der Waals surface area contributed by atoms with Crippen LogP contribution in [0.25, 0.3) is 0 Å². The first-order valence-corrected chi connectivity index (χ1v) is 5.82. The van der Waals surface area contributed by atoms with Crippen LogP contribution in [0.3, 0.4) is 0 Å². The lowest BCUT2D eigenvalue weighted by atomic mass is 10.1. The van der Waals surface area contributed by atoms with Gasteiger partial charge in [-0.05, 0) is 18.6 Å². The van der Waals surface area contributed by atoms with Gasteiger partial charge in [0.2, 0.25) is 5.82 Å². The minimum atomic E-state index is -0.290. The van der Waals surface area contributed by atoms with Crippen LogP contribution in [0.4, 0.5) is 0 Å². The van der Waals surface area contributed by atoms with Crippen LogP contribution in [0.1, 0.15) is 41.9 Å². The Morgan fingerprint density at radius 1 is 1.56 bits per heavy atom. The molecule has 1 unspecified atom stereocenters. The molecule has 0 aliphatic heterocycles. The van der Waals surface area contributed by atoms with Gasteiger partial charge in [-0.2, -0.15) is 0 Å². The highest BCUT2D eigenvalue weighted by Crippen LogP contribution is 2.10. The van der Waals surface area contributed by atoms with E-state index >= 15 is 0 Å². The molecule has 18 heavy (non-hydrogen) atoms. The third kappa shape index (κ3) is 2.71. The van der Waals surface area contributed by atoms with Gasteiger partial charge in [-0.15, -0.1) is 5.10 Å². The van der Waals surface area contributed by atoms with E-state index < -0.39 is 0 Å². The van der Waals surface area contributed by atoms with E-state index in [2.05, 4.69) is 25.5 Å². The zero-order chi connectivity index (χ0) is 13.0. The van der Waals surface area contributed by atoms with Gasteiger partial charge < -0.3 is 5.32 Å². The predicted molar refractivity (Wildman–Crippen MR) is 65.9 cm³/mol. The number of H-pyrrole nitrogens is 1. The number of aryl methyl sites for hydroxylation is 1. The zero-order valence-corrected chi connectivity index (χ0v) is 10.3. The summed E-state index contributed by atoms with van der Waals surface area (Å²) >= 11 is 0. The van der Waals surface area contributed by atoms with Gasteiger partial charge >= 0.3 is 0 Å². The van der Waals surface area contributed by atoms with Gasteiger partial charge in [0.25, 0.3) is 5.91 Å². The Bertz CT molecular complexity index is 522. The van der Waals surface area contributed by atoms with Crippen LogP contribution in [-0.4, -0.2) is 26.1 Å². The molecule has 0 fully saturated rings. The Balaban J connectivity index is 2.03. The maximum absolute atomic E-state index is 11.9. The Kier molecular flexibility index (Phi) is 3.66. The largest absolute Gasteiger partial charge is 0.343 e. The number of rotatable bonds is 4. The highest BCUT2D eigenvalue weighted by molar-refractivity contribution is 5.90. The molecule has 0 saturated carbocycles. The number of nitrogens with zero attached hydrogens (tertiary/aromatic N) is 3. The molecule has 1 amide bonds. The number of nitrogens with one attached hydrogen (secondary N) is 2. The van der Waals surface area contributed by atoms with Crippen LogP contribution in [-0.2, 0) is 6.42 Å². The van der Waals surface area contributed by atoms with Crippen molar-refractivity contribution in [3.8, 4) is 0 Å². The monoisotopic (exact) mass is 245 g/mol. The minimum absolute atomic E-state index is 0.130. The van der Waals surface area contributed by atoms with Crippen molar-refractivity contribution in [3.63, 3.8) is 0 Å². The van der Waals surface area contributed by atoms with Gasteiger partial charge in [0, 0.05) is 18.8 Å². The van der Waals surface area contributed by atoms with Crippen molar-refractivity contribution >= 4 is 5.91 Å². The number of amides is 1. The van der Waals surface area contributed by atoms with Crippen molar-refractivity contribution < 1.29 is 4.79 Å². The van der Waals surface area contributed by atoms with Gasteiger partial charge in [-0.3, -0.25) is 14.9 Å². The SMILES string of the molecule is CCc1nc(C(=O)NC(C)c2cccnc2)n[nH]1. The van der Waals surface area contributed by atoms with Crippen molar-refractivity contribution in [1.82, 2.24) is 25.5 Å². The highest BCUT2D eigenvalue weighted by Gasteiger charge is 2.15. The molecule has 0 saturated heterocycles. The van der Waals surface area contributed by atoms with Crippen LogP contribution in [0, 0.1) is 0 Å². The molecular weight excluding hydrogens is 230 g/mol. The number of carbonyl (C=O) groups excluding carboxylic acids is 1. The van der Waals surface area contributed by atoms with E-state index in [-0.39, 0.29) is 17.8 Å². The second-order valence-electron chi connectivity index (χ2n) is 3.94. The van der Waals surface area contributed by atoms with Crippen molar-refractivity contribution in [2.24, 2.45) is 0 Å². The Morgan fingerprint density at radius 2 is 2.39 bits per heavy atom. The Morgan fingerprint density at radius 3 is 3.00 bits per heavy atom. The van der Waals surface area contributed by atoms with E-state index in [0.29, 0.717) is 5.82 Å². The summed E-state index contributed by atoms with van der Waals surface area (Å²) in [5, 5.41) is 9.41. The number of aromatic amines is 1. The predicted octanol–water partition coefficient (Wildman–Crippen LogP) is 1.25. The Hall–Kier alpha value is -2.24. The highest BCUT2D eigenvalue weighted by atomic mass is 16.2. The van der Waals surface area contributed by atoms with Crippen LogP contribution in [0.5, 0.6) is 0 Å². The van der Waals surface area contributed by atoms with Crippen molar-refractivity contribution in [2.45, 2.75) is 26.3 Å². The molecule has 94 valence electrons. The lowest BCUT2D eigenvalue weighted by Gasteiger charge is -2.11. The van der Waals surface area contributed by atoms with Gasteiger partial charge in [-0.25, -0.2) is 4.98 Å². The number of pyridine rings is 1. The minimum Gasteiger partial charge on any atom is -0.343 e. The summed E-state index contributed by atoms with van der Waals surface area (Å²) in [5.74, 6) is 0.582. The summed E-state index contributed by atoms with van der Waals surface area (Å²) in [6, 6.07) is 3.61. The van der Waals surface area contributed by atoms with Crippen LogP contribution < -0.4 is 5.32 Å². The van der Waals surface area contributed by atoms with E-state index in [0.717, 1.165) is 12.0 Å². The fraction of sp³-hybridized carbons (Fsp3) is 0.333. The number of hydrogen-bond donors (Lipinski definition) is 2.